The minimum Gasteiger partial charge on any atom is -0.399 e. The second kappa shape index (κ2) is 7.27. The molecule has 0 saturated carbocycles. The van der Waals surface area contributed by atoms with E-state index in [9.17, 15) is 0 Å². The second-order valence-corrected chi connectivity index (χ2v) is 6.19. The van der Waals surface area contributed by atoms with Crippen LogP contribution in [0.4, 0.5) is 11.4 Å². The predicted molar refractivity (Wildman–Crippen MR) is 108 cm³/mol. The molecule has 25 heavy (non-hydrogen) atoms. The molecular formula is C22H23N3. The molecule has 3 nitrogen and oxygen atoms in total. The quantitative estimate of drug-likeness (QED) is 0.569. The van der Waals surface area contributed by atoms with E-state index in [1.165, 1.54) is 5.57 Å². The predicted octanol–water partition coefficient (Wildman–Crippen LogP) is 4.15. The van der Waals surface area contributed by atoms with Crippen molar-refractivity contribution in [1.29, 1.82) is 0 Å². The molecular weight excluding hydrogens is 306 g/mol. The molecule has 0 saturated heterocycles. The van der Waals surface area contributed by atoms with Crippen LogP contribution in [0.5, 0.6) is 0 Å². The molecule has 1 aliphatic rings. The first-order valence-electron chi connectivity index (χ1n) is 8.35. The molecule has 0 bridgehead atoms. The molecule has 2 aromatic carbocycles. The lowest BCUT2D eigenvalue weighted by molar-refractivity contribution is 0.766. The maximum atomic E-state index is 6.49. The molecule has 0 heterocycles. The summed E-state index contributed by atoms with van der Waals surface area (Å²) in [6.45, 7) is 4.47. The van der Waals surface area contributed by atoms with Crippen LogP contribution in [-0.2, 0) is 0 Å². The summed E-state index contributed by atoms with van der Waals surface area (Å²) < 4.78 is 0. The molecule has 1 atom stereocenters. The van der Waals surface area contributed by atoms with Gasteiger partial charge < -0.3 is 17.2 Å². The first kappa shape index (κ1) is 16.8. The molecule has 0 aromatic heterocycles. The molecule has 3 heteroatoms. The number of para-hydroxylation sites is 1. The molecule has 1 unspecified atom stereocenters. The monoisotopic (exact) mass is 329 g/mol. The first-order chi connectivity index (χ1) is 12.1. The first-order valence-corrected chi connectivity index (χ1v) is 8.35. The van der Waals surface area contributed by atoms with E-state index in [0.29, 0.717) is 6.54 Å². The van der Waals surface area contributed by atoms with Gasteiger partial charge in [0.05, 0.1) is 0 Å². The highest BCUT2D eigenvalue weighted by molar-refractivity contribution is 5.87. The van der Waals surface area contributed by atoms with Gasteiger partial charge in [-0.05, 0) is 17.7 Å². The Morgan fingerprint density at radius 3 is 2.64 bits per heavy atom. The summed E-state index contributed by atoms with van der Waals surface area (Å²) in [6, 6.07) is 13.8. The third-order valence-electron chi connectivity index (χ3n) is 4.61. The summed E-state index contributed by atoms with van der Waals surface area (Å²) in [6.07, 6.45) is 7.04. The maximum absolute atomic E-state index is 6.49. The van der Waals surface area contributed by atoms with Crippen molar-refractivity contribution < 1.29 is 0 Å². The van der Waals surface area contributed by atoms with E-state index in [4.69, 9.17) is 17.2 Å². The van der Waals surface area contributed by atoms with E-state index in [-0.39, 0.29) is 5.92 Å². The van der Waals surface area contributed by atoms with Gasteiger partial charge in [-0.25, -0.2) is 0 Å². The molecule has 0 radical (unpaired) electrons. The highest BCUT2D eigenvalue weighted by Crippen LogP contribution is 2.36. The van der Waals surface area contributed by atoms with Gasteiger partial charge in [0.1, 0.15) is 0 Å². The number of nitrogens with two attached hydrogens (primary N) is 3. The third-order valence-corrected chi connectivity index (χ3v) is 4.61. The molecule has 3 rings (SSSR count). The van der Waals surface area contributed by atoms with Crippen molar-refractivity contribution in [3.8, 4) is 11.1 Å². The van der Waals surface area contributed by atoms with E-state index in [2.05, 4.69) is 30.5 Å². The Kier molecular flexibility index (Phi) is 4.90. The minimum absolute atomic E-state index is 0.279. The summed E-state index contributed by atoms with van der Waals surface area (Å²) in [7, 11) is 0. The fraction of sp³-hybridized carbons (Fsp3) is 0.136. The number of rotatable bonds is 5. The van der Waals surface area contributed by atoms with Crippen molar-refractivity contribution in [2.24, 2.45) is 11.7 Å². The van der Waals surface area contributed by atoms with Crippen LogP contribution in [0, 0.1) is 5.92 Å². The summed E-state index contributed by atoms with van der Waals surface area (Å²) in [5, 5.41) is 0. The highest BCUT2D eigenvalue weighted by Gasteiger charge is 2.17. The Labute approximate surface area is 148 Å². The number of nitrogen functional groups attached to an aromatic ring is 2. The largest absolute Gasteiger partial charge is 0.399 e. The van der Waals surface area contributed by atoms with Crippen molar-refractivity contribution in [1.82, 2.24) is 0 Å². The molecule has 2 aromatic rings. The van der Waals surface area contributed by atoms with E-state index < -0.39 is 0 Å². The van der Waals surface area contributed by atoms with Gasteiger partial charge in [-0.1, -0.05) is 60.7 Å². The number of hydrogen-bond acceptors (Lipinski definition) is 3. The van der Waals surface area contributed by atoms with E-state index in [1.54, 1.807) is 0 Å². The van der Waals surface area contributed by atoms with Crippen LogP contribution in [0.25, 0.3) is 16.7 Å². The Hall–Kier alpha value is -3.00. The van der Waals surface area contributed by atoms with Crippen LogP contribution < -0.4 is 17.2 Å². The van der Waals surface area contributed by atoms with Crippen molar-refractivity contribution in [2.75, 3.05) is 18.0 Å². The topological polar surface area (TPSA) is 78.1 Å². The van der Waals surface area contributed by atoms with Crippen LogP contribution in [0.3, 0.4) is 0 Å². The van der Waals surface area contributed by atoms with Crippen LogP contribution >= 0.6 is 0 Å². The van der Waals surface area contributed by atoms with E-state index in [0.717, 1.165) is 40.1 Å². The zero-order chi connectivity index (χ0) is 17.8. The average Bonchev–Trinajstić information content (AvgIpc) is 3.07. The summed E-state index contributed by atoms with van der Waals surface area (Å²) in [5.74, 6) is 0.279. The van der Waals surface area contributed by atoms with E-state index in [1.807, 2.05) is 42.5 Å². The highest BCUT2D eigenvalue weighted by atomic mass is 14.6. The lowest BCUT2D eigenvalue weighted by Gasteiger charge is -2.16. The molecule has 0 spiro atoms. The van der Waals surface area contributed by atoms with Gasteiger partial charge in [-0.2, -0.15) is 0 Å². The van der Waals surface area contributed by atoms with Gasteiger partial charge in [-0.3, -0.25) is 0 Å². The van der Waals surface area contributed by atoms with Crippen LogP contribution in [-0.4, -0.2) is 6.54 Å². The van der Waals surface area contributed by atoms with E-state index >= 15 is 0 Å². The van der Waals surface area contributed by atoms with Gasteiger partial charge >= 0.3 is 0 Å². The van der Waals surface area contributed by atoms with Gasteiger partial charge in [0.2, 0.25) is 0 Å². The van der Waals surface area contributed by atoms with Crippen molar-refractivity contribution >= 4 is 16.9 Å². The maximum Gasteiger partial charge on any atom is 0.0476 e. The Morgan fingerprint density at radius 1 is 1.12 bits per heavy atom. The molecule has 0 fully saturated rings. The van der Waals surface area contributed by atoms with Crippen molar-refractivity contribution in [2.45, 2.75) is 6.42 Å². The average molecular weight is 329 g/mol. The number of benzene rings is 2. The van der Waals surface area contributed by atoms with Gasteiger partial charge in [0.15, 0.2) is 0 Å². The van der Waals surface area contributed by atoms with Crippen LogP contribution in [0.1, 0.15) is 12.0 Å². The third kappa shape index (κ3) is 3.43. The molecule has 126 valence electrons. The number of hydrogen-bond donors (Lipinski definition) is 3. The zero-order valence-corrected chi connectivity index (χ0v) is 14.2. The Morgan fingerprint density at radius 2 is 1.92 bits per heavy atom. The van der Waals surface area contributed by atoms with Crippen molar-refractivity contribution in [3.63, 3.8) is 0 Å². The Bertz CT molecular complexity index is 899. The second-order valence-electron chi connectivity index (χ2n) is 6.19. The van der Waals surface area contributed by atoms with Crippen molar-refractivity contribution in [3.05, 3.63) is 84.1 Å². The summed E-state index contributed by atoms with van der Waals surface area (Å²) in [4.78, 5) is 0. The summed E-state index contributed by atoms with van der Waals surface area (Å²) in [5.41, 5.74) is 27.9. The number of allylic oxidation sites excluding steroid dienone is 3. The van der Waals surface area contributed by atoms with Gasteiger partial charge in [-0.15, -0.1) is 5.73 Å². The number of anilines is 2. The standard InChI is InChI=1S/C22H23N3/c1-2-15(12-16-6-3-8-18(16)14-23)20-10-5-11-21(22(20)25)17-7-4-9-19(24)13-17/h3-11,13,18H,1,12,14,23-25H2. The minimum atomic E-state index is 0.279. The fourth-order valence-electron chi connectivity index (χ4n) is 3.22. The normalized spacial score (nSPS) is 15.7. The lowest BCUT2D eigenvalue weighted by atomic mass is 9.90. The Balaban J connectivity index is 1.97. The van der Waals surface area contributed by atoms with Crippen LogP contribution in [0.2, 0.25) is 0 Å². The molecule has 0 aliphatic heterocycles. The molecule has 0 amide bonds. The smallest absolute Gasteiger partial charge is 0.0476 e. The molecule has 1 aliphatic carbocycles. The van der Waals surface area contributed by atoms with Gasteiger partial charge in [0, 0.05) is 47.0 Å². The van der Waals surface area contributed by atoms with Gasteiger partial charge in [0.25, 0.3) is 0 Å². The zero-order valence-electron chi connectivity index (χ0n) is 14.2. The lowest BCUT2D eigenvalue weighted by Crippen LogP contribution is -2.13. The summed E-state index contributed by atoms with van der Waals surface area (Å²) >= 11 is 0. The molecule has 6 N–H and O–H groups in total. The SMILES string of the molecule is C=C=C(CC1=CC=CC1CN)c1cccc(-c2cccc(N)c2)c1N. The fourth-order valence-corrected chi connectivity index (χ4v) is 3.22. The van der Waals surface area contributed by atoms with Crippen LogP contribution in [0.15, 0.2) is 78.6 Å².